The number of amides is 1. The summed E-state index contributed by atoms with van der Waals surface area (Å²) in [4.78, 5) is 23.7. The molecule has 1 amide bonds. The lowest BCUT2D eigenvalue weighted by Crippen LogP contribution is -2.36. The summed E-state index contributed by atoms with van der Waals surface area (Å²) in [5, 5.41) is 1.26. The lowest BCUT2D eigenvalue weighted by atomic mass is 10.1. The standard InChI is InChI=1S/C26H26BrN3O2S/c1-26(2,3)32-25(31)30-12-4-5-21(30)24-28-15-20(29-24)16-6-8-17(9-7-16)22-13-18-10-11-19(27)14-23(18)33-22/h6-11,13-15,21H,4-5,12H2,1-3H3,(H,28,29)/t21-/m0/s1. The minimum absolute atomic E-state index is 0.0780. The molecule has 1 N–H and O–H groups in total. The van der Waals surface area contributed by atoms with Gasteiger partial charge in [-0.15, -0.1) is 11.3 Å². The molecule has 0 spiro atoms. The molecule has 2 aromatic heterocycles. The SMILES string of the molecule is CC(C)(C)OC(=O)N1CCC[C@H]1c1ncc(-c2ccc(-c3cc4ccc(Br)cc4s3)cc2)[nH]1. The summed E-state index contributed by atoms with van der Waals surface area (Å²) in [5.74, 6) is 0.813. The number of hydrogen-bond donors (Lipinski definition) is 1. The van der Waals surface area contributed by atoms with E-state index in [1.54, 1.807) is 16.2 Å². The molecule has 0 aliphatic carbocycles. The second kappa shape index (κ2) is 8.61. The highest BCUT2D eigenvalue weighted by atomic mass is 79.9. The van der Waals surface area contributed by atoms with E-state index in [-0.39, 0.29) is 12.1 Å². The van der Waals surface area contributed by atoms with Crippen molar-refractivity contribution in [3.63, 3.8) is 0 Å². The Kier molecular flexibility index (Phi) is 5.79. The van der Waals surface area contributed by atoms with Gasteiger partial charge in [0.2, 0.25) is 0 Å². The van der Waals surface area contributed by atoms with E-state index in [0.29, 0.717) is 6.54 Å². The van der Waals surface area contributed by atoms with Gasteiger partial charge in [0.15, 0.2) is 0 Å². The summed E-state index contributed by atoms with van der Waals surface area (Å²) in [6, 6.07) is 17.1. The van der Waals surface area contributed by atoms with Crippen molar-refractivity contribution in [2.45, 2.75) is 45.3 Å². The minimum atomic E-state index is -0.509. The van der Waals surface area contributed by atoms with Gasteiger partial charge in [0.1, 0.15) is 11.4 Å². The van der Waals surface area contributed by atoms with Gasteiger partial charge in [0.25, 0.3) is 0 Å². The van der Waals surface area contributed by atoms with Gasteiger partial charge < -0.3 is 9.72 Å². The Balaban J connectivity index is 1.34. The molecule has 170 valence electrons. The number of hydrogen-bond acceptors (Lipinski definition) is 4. The summed E-state index contributed by atoms with van der Waals surface area (Å²) < 4.78 is 7.96. The number of carbonyl (C=O) groups excluding carboxylic acids is 1. The Morgan fingerprint density at radius 3 is 2.67 bits per heavy atom. The number of nitrogens with one attached hydrogen (secondary N) is 1. The molecule has 0 radical (unpaired) electrons. The number of aromatic nitrogens is 2. The van der Waals surface area contributed by atoms with E-state index in [0.717, 1.165) is 34.4 Å². The number of imidazole rings is 1. The molecular formula is C26H26BrN3O2S. The van der Waals surface area contributed by atoms with Crippen molar-refractivity contribution >= 4 is 43.4 Å². The molecule has 3 heterocycles. The van der Waals surface area contributed by atoms with Gasteiger partial charge in [-0.3, -0.25) is 4.90 Å². The lowest BCUT2D eigenvalue weighted by molar-refractivity contribution is 0.0218. The Hall–Kier alpha value is -2.64. The van der Waals surface area contributed by atoms with Gasteiger partial charge in [-0.25, -0.2) is 9.78 Å². The average Bonchev–Trinajstić information content (AvgIpc) is 3.50. The van der Waals surface area contributed by atoms with E-state index >= 15 is 0 Å². The number of likely N-dealkylation sites (tertiary alicyclic amines) is 1. The van der Waals surface area contributed by atoms with Crippen LogP contribution in [-0.4, -0.2) is 33.1 Å². The number of halogens is 1. The van der Waals surface area contributed by atoms with Gasteiger partial charge in [0, 0.05) is 20.6 Å². The third kappa shape index (κ3) is 4.70. The summed E-state index contributed by atoms with van der Waals surface area (Å²) in [5.41, 5.74) is 2.71. The highest BCUT2D eigenvalue weighted by Gasteiger charge is 2.34. The van der Waals surface area contributed by atoms with E-state index in [2.05, 4.69) is 74.4 Å². The van der Waals surface area contributed by atoms with Crippen molar-refractivity contribution in [1.82, 2.24) is 14.9 Å². The van der Waals surface area contributed by atoms with Crippen LogP contribution < -0.4 is 0 Å². The Morgan fingerprint density at radius 2 is 1.91 bits per heavy atom. The normalized spacial score (nSPS) is 16.5. The van der Waals surface area contributed by atoms with E-state index in [4.69, 9.17) is 4.74 Å². The van der Waals surface area contributed by atoms with Crippen LogP contribution in [0, 0.1) is 0 Å². The van der Waals surface area contributed by atoms with E-state index in [1.807, 2.05) is 27.0 Å². The maximum absolute atomic E-state index is 12.6. The molecule has 0 unspecified atom stereocenters. The fraction of sp³-hybridized carbons (Fsp3) is 0.308. The third-order valence-corrected chi connectivity index (χ3v) is 7.39. The van der Waals surface area contributed by atoms with Crippen molar-refractivity contribution in [1.29, 1.82) is 0 Å². The Bertz CT molecular complexity index is 1300. The first-order valence-electron chi connectivity index (χ1n) is 11.1. The van der Waals surface area contributed by atoms with Gasteiger partial charge in [-0.05, 0) is 68.3 Å². The Morgan fingerprint density at radius 1 is 1.15 bits per heavy atom. The molecule has 5 rings (SSSR count). The molecule has 1 fully saturated rings. The molecule has 1 aliphatic rings. The number of ether oxygens (including phenoxy) is 1. The largest absolute Gasteiger partial charge is 0.444 e. The van der Waals surface area contributed by atoms with Crippen molar-refractivity contribution in [2.75, 3.05) is 6.54 Å². The summed E-state index contributed by atoms with van der Waals surface area (Å²) in [7, 11) is 0. The maximum atomic E-state index is 12.6. The van der Waals surface area contributed by atoms with Crippen LogP contribution >= 0.6 is 27.3 Å². The molecule has 33 heavy (non-hydrogen) atoms. The quantitative estimate of drug-likeness (QED) is 0.298. The number of benzene rings is 2. The molecule has 1 saturated heterocycles. The molecule has 7 heteroatoms. The maximum Gasteiger partial charge on any atom is 0.410 e. The molecule has 1 aliphatic heterocycles. The first-order valence-corrected chi connectivity index (χ1v) is 12.7. The van der Waals surface area contributed by atoms with Gasteiger partial charge in [-0.2, -0.15) is 0 Å². The zero-order valence-corrected chi connectivity index (χ0v) is 21.3. The molecule has 1 atom stereocenters. The Labute approximate surface area is 205 Å². The van der Waals surface area contributed by atoms with Crippen LogP contribution in [0.15, 0.2) is 59.2 Å². The van der Waals surface area contributed by atoms with Crippen LogP contribution in [0.2, 0.25) is 0 Å². The predicted octanol–water partition coefficient (Wildman–Crippen LogP) is 7.79. The van der Waals surface area contributed by atoms with E-state index in [9.17, 15) is 4.79 Å². The molecule has 0 bridgehead atoms. The van der Waals surface area contributed by atoms with Gasteiger partial charge in [-0.1, -0.05) is 46.3 Å². The first-order chi connectivity index (χ1) is 15.8. The molecular weight excluding hydrogens is 498 g/mol. The number of nitrogens with zero attached hydrogens (tertiary/aromatic N) is 2. The fourth-order valence-corrected chi connectivity index (χ4v) is 5.82. The van der Waals surface area contributed by atoms with Crippen LogP contribution in [0.1, 0.15) is 45.5 Å². The summed E-state index contributed by atoms with van der Waals surface area (Å²) >= 11 is 5.35. The van der Waals surface area contributed by atoms with Gasteiger partial charge >= 0.3 is 6.09 Å². The molecule has 0 saturated carbocycles. The smallest absolute Gasteiger partial charge is 0.410 e. The molecule has 2 aromatic carbocycles. The van der Waals surface area contributed by atoms with E-state index in [1.165, 1.54) is 20.5 Å². The van der Waals surface area contributed by atoms with Crippen LogP contribution in [-0.2, 0) is 4.74 Å². The highest BCUT2D eigenvalue weighted by Crippen LogP contribution is 2.36. The lowest BCUT2D eigenvalue weighted by Gasteiger charge is -2.27. The number of rotatable bonds is 3. The van der Waals surface area contributed by atoms with Crippen molar-refractivity contribution in [2.24, 2.45) is 0 Å². The van der Waals surface area contributed by atoms with E-state index < -0.39 is 5.60 Å². The number of aromatic amines is 1. The van der Waals surface area contributed by atoms with Crippen LogP contribution in [0.3, 0.4) is 0 Å². The van der Waals surface area contributed by atoms with Crippen LogP contribution in [0.5, 0.6) is 0 Å². The minimum Gasteiger partial charge on any atom is -0.444 e. The highest BCUT2D eigenvalue weighted by molar-refractivity contribution is 9.10. The number of H-pyrrole nitrogens is 1. The van der Waals surface area contributed by atoms with Crippen molar-refractivity contribution < 1.29 is 9.53 Å². The second-order valence-corrected chi connectivity index (χ2v) is 11.4. The van der Waals surface area contributed by atoms with Crippen LogP contribution in [0.25, 0.3) is 31.8 Å². The second-order valence-electron chi connectivity index (χ2n) is 9.38. The molecule has 4 aromatic rings. The zero-order valence-electron chi connectivity index (χ0n) is 18.9. The topological polar surface area (TPSA) is 58.2 Å². The number of thiophene rings is 1. The summed E-state index contributed by atoms with van der Waals surface area (Å²) in [6.45, 7) is 6.36. The number of fused-ring (bicyclic) bond motifs is 1. The van der Waals surface area contributed by atoms with Crippen molar-refractivity contribution in [3.8, 4) is 21.7 Å². The van der Waals surface area contributed by atoms with Crippen molar-refractivity contribution in [3.05, 3.63) is 65.0 Å². The molecule has 5 nitrogen and oxygen atoms in total. The van der Waals surface area contributed by atoms with Gasteiger partial charge in [0.05, 0.1) is 17.9 Å². The monoisotopic (exact) mass is 523 g/mol. The summed E-state index contributed by atoms with van der Waals surface area (Å²) in [6.07, 6.45) is 3.41. The average molecular weight is 524 g/mol. The van der Waals surface area contributed by atoms with Crippen LogP contribution in [0.4, 0.5) is 4.79 Å². The first kappa shape index (κ1) is 22.2. The predicted molar refractivity (Wildman–Crippen MR) is 137 cm³/mol. The third-order valence-electron chi connectivity index (χ3n) is 5.75. The zero-order chi connectivity index (χ0) is 23.2. The fourth-order valence-electron chi connectivity index (χ4n) is 4.20. The number of carbonyl (C=O) groups is 1.